The van der Waals surface area contributed by atoms with Gasteiger partial charge in [0.05, 0.1) is 11.4 Å². The van der Waals surface area contributed by atoms with Crippen molar-refractivity contribution in [2.45, 2.75) is 34.0 Å². The van der Waals surface area contributed by atoms with Gasteiger partial charge in [-0.05, 0) is 86.0 Å². The molecule has 6 rings (SSSR count). The summed E-state index contributed by atoms with van der Waals surface area (Å²) in [6.07, 6.45) is 3.08. The van der Waals surface area contributed by atoms with Crippen molar-refractivity contribution < 1.29 is 4.74 Å². The summed E-state index contributed by atoms with van der Waals surface area (Å²) >= 11 is 0. The zero-order chi connectivity index (χ0) is 25.1. The van der Waals surface area contributed by atoms with Crippen molar-refractivity contribution in [3.05, 3.63) is 130 Å². The number of rotatable bonds is 2. The first-order chi connectivity index (χ1) is 17.5. The van der Waals surface area contributed by atoms with Crippen LogP contribution in [-0.2, 0) is 6.32 Å². The van der Waals surface area contributed by atoms with Crippen molar-refractivity contribution in [2.75, 3.05) is 0 Å². The van der Waals surface area contributed by atoms with E-state index in [0.29, 0.717) is 0 Å². The third-order valence-corrected chi connectivity index (χ3v) is 6.44. The van der Waals surface area contributed by atoms with Crippen LogP contribution in [0, 0.1) is 13.8 Å². The minimum atomic E-state index is 0.938. The van der Waals surface area contributed by atoms with E-state index in [2.05, 4.69) is 81.6 Å². The van der Waals surface area contributed by atoms with Crippen molar-refractivity contribution in [3.8, 4) is 11.5 Å². The Hall–Kier alpha value is -4.05. The van der Waals surface area contributed by atoms with Gasteiger partial charge in [-0.1, -0.05) is 66.7 Å². The van der Waals surface area contributed by atoms with E-state index < -0.39 is 0 Å². The molecule has 0 aliphatic carbocycles. The summed E-state index contributed by atoms with van der Waals surface area (Å²) in [5.74, 6) is 1.92. The Balaban J connectivity index is 0.000000156. The van der Waals surface area contributed by atoms with Crippen LogP contribution in [0.4, 0.5) is 0 Å². The first kappa shape index (κ1) is 23.7. The SMILES string of the molecule is CC1=CC(C)=N/C1=C(/c1ccccc1)c1[nH]c(C)cc1C.[B]1Cc2ccccc2Oc2ccccc21. The highest BCUT2D eigenvalue weighted by Gasteiger charge is 2.19. The molecular weight excluding hydrogens is 439 g/mol. The highest BCUT2D eigenvalue weighted by molar-refractivity contribution is 6.54. The van der Waals surface area contributed by atoms with Crippen LogP contribution in [0.3, 0.4) is 0 Å². The van der Waals surface area contributed by atoms with Gasteiger partial charge < -0.3 is 9.72 Å². The fraction of sp³-hybridized carbons (Fsp3) is 0.156. The number of hydrogen-bond acceptors (Lipinski definition) is 2. The van der Waals surface area contributed by atoms with Crippen LogP contribution in [0.25, 0.3) is 5.57 Å². The summed E-state index contributed by atoms with van der Waals surface area (Å²) < 4.78 is 5.87. The molecule has 3 nitrogen and oxygen atoms in total. The van der Waals surface area contributed by atoms with Crippen LogP contribution in [0.2, 0.25) is 0 Å². The number of hydrogen-bond donors (Lipinski definition) is 1. The number of H-pyrrole nitrogens is 1. The average Bonchev–Trinajstić information content (AvgIpc) is 3.31. The Morgan fingerprint density at radius 2 is 1.53 bits per heavy atom. The van der Waals surface area contributed by atoms with Crippen LogP contribution in [0.5, 0.6) is 11.5 Å². The van der Waals surface area contributed by atoms with Crippen molar-refractivity contribution >= 4 is 24.0 Å². The molecule has 1 radical (unpaired) electrons. The number of aliphatic imine (C=N–C) groups is 1. The Kier molecular flexibility index (Phi) is 6.77. The Labute approximate surface area is 214 Å². The van der Waals surface area contributed by atoms with Crippen molar-refractivity contribution in [1.29, 1.82) is 0 Å². The quantitative estimate of drug-likeness (QED) is 0.312. The Morgan fingerprint density at radius 3 is 2.22 bits per heavy atom. The summed E-state index contributed by atoms with van der Waals surface area (Å²) in [5, 5.41) is 0. The van der Waals surface area contributed by atoms with Crippen LogP contribution in [0.15, 0.2) is 107 Å². The van der Waals surface area contributed by atoms with E-state index in [0.717, 1.165) is 29.2 Å². The van der Waals surface area contributed by atoms with E-state index in [1.807, 2.05) is 49.4 Å². The predicted molar refractivity (Wildman–Crippen MR) is 152 cm³/mol. The van der Waals surface area contributed by atoms with E-state index in [-0.39, 0.29) is 0 Å². The monoisotopic (exact) mass is 469 g/mol. The second kappa shape index (κ2) is 10.3. The number of aromatic nitrogens is 1. The maximum absolute atomic E-state index is 5.87. The molecule has 2 aliphatic heterocycles. The topological polar surface area (TPSA) is 37.4 Å². The zero-order valence-corrected chi connectivity index (χ0v) is 21.3. The van der Waals surface area contributed by atoms with Gasteiger partial charge in [-0.3, -0.25) is 4.99 Å². The maximum Gasteiger partial charge on any atom is 0.161 e. The summed E-state index contributed by atoms with van der Waals surface area (Å²) in [4.78, 5) is 8.26. The summed E-state index contributed by atoms with van der Waals surface area (Å²) in [5.41, 5.74) is 11.8. The lowest BCUT2D eigenvalue weighted by Gasteiger charge is -2.12. The van der Waals surface area contributed by atoms with E-state index >= 15 is 0 Å². The van der Waals surface area contributed by atoms with Crippen LogP contribution in [0.1, 0.15) is 41.9 Å². The number of aromatic amines is 1. The first-order valence-electron chi connectivity index (χ1n) is 12.4. The molecule has 0 saturated heterocycles. The first-order valence-corrected chi connectivity index (χ1v) is 12.4. The molecule has 0 fully saturated rings. The molecule has 2 aliphatic rings. The Bertz CT molecular complexity index is 1450. The summed E-state index contributed by atoms with van der Waals surface area (Å²) in [6.45, 7) is 8.41. The smallest absolute Gasteiger partial charge is 0.161 e. The average molecular weight is 469 g/mol. The van der Waals surface area contributed by atoms with Crippen LogP contribution in [-0.4, -0.2) is 18.0 Å². The molecule has 0 amide bonds. The molecule has 0 saturated carbocycles. The molecule has 3 heterocycles. The third-order valence-electron chi connectivity index (χ3n) is 6.44. The van der Waals surface area contributed by atoms with Crippen molar-refractivity contribution in [1.82, 2.24) is 4.98 Å². The van der Waals surface area contributed by atoms with Gasteiger partial charge in [-0.15, -0.1) is 0 Å². The molecule has 1 N–H and O–H groups in total. The van der Waals surface area contributed by atoms with Gasteiger partial charge in [0.1, 0.15) is 11.5 Å². The number of benzene rings is 3. The number of aryl methyl sites for hydroxylation is 2. The molecule has 177 valence electrons. The lowest BCUT2D eigenvalue weighted by molar-refractivity contribution is 0.484. The lowest BCUT2D eigenvalue weighted by Crippen LogP contribution is -2.15. The summed E-state index contributed by atoms with van der Waals surface area (Å²) in [7, 11) is 2.21. The van der Waals surface area contributed by atoms with Crippen LogP contribution < -0.4 is 10.2 Å². The molecule has 0 bridgehead atoms. The van der Waals surface area contributed by atoms with Gasteiger partial charge in [-0.25, -0.2) is 0 Å². The number of nitrogens with zero attached hydrogens (tertiary/aromatic N) is 1. The largest absolute Gasteiger partial charge is 0.458 e. The van der Waals surface area contributed by atoms with Gasteiger partial charge in [0.15, 0.2) is 7.28 Å². The minimum Gasteiger partial charge on any atom is -0.458 e. The highest BCUT2D eigenvalue weighted by atomic mass is 16.5. The van der Waals surface area contributed by atoms with E-state index in [1.54, 1.807) is 0 Å². The van der Waals surface area contributed by atoms with Gasteiger partial charge in [0.25, 0.3) is 0 Å². The second-order valence-electron chi connectivity index (χ2n) is 9.34. The maximum atomic E-state index is 5.87. The molecule has 36 heavy (non-hydrogen) atoms. The van der Waals surface area contributed by atoms with E-state index in [9.17, 15) is 0 Å². The van der Waals surface area contributed by atoms with Gasteiger partial charge in [0, 0.05) is 17.0 Å². The van der Waals surface area contributed by atoms with Gasteiger partial charge in [0.2, 0.25) is 0 Å². The standard InChI is InChI=1S/C19H20N2.C13H10BO/c1-12-10-14(3)20-18(12)17(16-8-6-5-7-9-16)19-13(2)11-15(4)21-19;1-3-7-12-10(5-1)9-14-11-6-2-4-8-13(11)15-12/h5-11,20H,1-4H3;1-8H,9H2/b19-17-;. The fourth-order valence-corrected chi connectivity index (χ4v) is 4.78. The van der Waals surface area contributed by atoms with Crippen molar-refractivity contribution in [2.24, 2.45) is 4.99 Å². The van der Waals surface area contributed by atoms with E-state index in [4.69, 9.17) is 9.73 Å². The molecule has 1 aromatic heterocycles. The molecule has 0 unspecified atom stereocenters. The molecule has 0 spiro atoms. The van der Waals surface area contributed by atoms with Gasteiger partial charge in [-0.2, -0.15) is 0 Å². The number of allylic oxidation sites excluding steroid dienone is 2. The predicted octanol–water partition coefficient (Wildman–Crippen LogP) is 7.13. The molecule has 3 aromatic carbocycles. The van der Waals surface area contributed by atoms with Crippen LogP contribution >= 0.6 is 0 Å². The normalized spacial score (nSPS) is 15.1. The fourth-order valence-electron chi connectivity index (χ4n) is 4.78. The van der Waals surface area contributed by atoms with E-state index in [1.165, 1.54) is 44.7 Å². The third kappa shape index (κ3) is 4.99. The minimum absolute atomic E-state index is 0.938. The van der Waals surface area contributed by atoms with Gasteiger partial charge >= 0.3 is 0 Å². The zero-order valence-electron chi connectivity index (χ0n) is 21.3. The Morgan fingerprint density at radius 1 is 0.833 bits per heavy atom. The molecular formula is C32H30BN2O. The number of ether oxygens (including phenoxy) is 1. The molecule has 4 aromatic rings. The van der Waals surface area contributed by atoms with Crippen molar-refractivity contribution in [3.63, 3.8) is 0 Å². The number of fused-ring (bicyclic) bond motifs is 2. The lowest BCUT2D eigenvalue weighted by atomic mass is 9.65. The highest BCUT2D eigenvalue weighted by Crippen LogP contribution is 2.34. The second-order valence-corrected chi connectivity index (χ2v) is 9.34. The molecule has 0 atom stereocenters. The number of nitrogens with one attached hydrogen (secondary N) is 1. The molecule has 4 heteroatoms. The number of para-hydroxylation sites is 2. The summed E-state index contributed by atoms with van der Waals surface area (Å²) in [6, 6.07) is 29.0.